The lowest BCUT2D eigenvalue weighted by Gasteiger charge is -2.03. The molecule has 0 fully saturated rings. The van der Waals surface area contributed by atoms with Crippen molar-refractivity contribution in [3.63, 3.8) is 0 Å². The van der Waals surface area contributed by atoms with Gasteiger partial charge in [0.25, 0.3) is 0 Å². The summed E-state index contributed by atoms with van der Waals surface area (Å²) in [6.07, 6.45) is 0. The van der Waals surface area contributed by atoms with Crippen molar-refractivity contribution in [3.8, 4) is 17.0 Å². The number of nitrogens with zero attached hydrogens (tertiary/aromatic N) is 4. The lowest BCUT2D eigenvalue weighted by molar-refractivity contribution is 0.0689. The highest BCUT2D eigenvalue weighted by atomic mass is 79.9. The van der Waals surface area contributed by atoms with Crippen molar-refractivity contribution in [3.05, 3.63) is 58.3 Å². The molecule has 1 N–H and O–H groups in total. The van der Waals surface area contributed by atoms with E-state index in [0.717, 1.165) is 15.4 Å². The van der Waals surface area contributed by atoms with Gasteiger partial charge in [-0.25, -0.2) is 9.48 Å². The van der Waals surface area contributed by atoms with Crippen molar-refractivity contribution >= 4 is 32.8 Å². The Morgan fingerprint density at radius 3 is 2.64 bits per heavy atom. The zero-order valence-electron chi connectivity index (χ0n) is 13.0. The maximum absolute atomic E-state index is 11.2. The summed E-state index contributed by atoms with van der Waals surface area (Å²) in [4.78, 5) is 11.2. The van der Waals surface area contributed by atoms with Gasteiger partial charge in [-0.3, -0.25) is 0 Å². The maximum atomic E-state index is 11.2. The summed E-state index contributed by atoms with van der Waals surface area (Å²) < 4.78 is 7.96. The van der Waals surface area contributed by atoms with Gasteiger partial charge in [-0.1, -0.05) is 26.3 Å². The van der Waals surface area contributed by atoms with Crippen molar-refractivity contribution in [2.75, 3.05) is 0 Å². The molecule has 7 nitrogen and oxygen atoms in total. The van der Waals surface area contributed by atoms with Crippen molar-refractivity contribution < 1.29 is 14.4 Å². The molecule has 0 atom stereocenters. The topological polar surface area (TPSA) is 94.0 Å². The van der Waals surface area contributed by atoms with Gasteiger partial charge in [-0.2, -0.15) is 0 Å². The number of benzene rings is 2. The molecule has 4 rings (SSSR count). The first-order chi connectivity index (χ1) is 12.0. The number of carboxylic acid groups (broad SMARTS) is 1. The van der Waals surface area contributed by atoms with Crippen molar-refractivity contribution in [1.82, 2.24) is 20.2 Å². The Hall–Kier alpha value is -3.00. The summed E-state index contributed by atoms with van der Waals surface area (Å²) in [5.41, 5.74) is 2.67. The van der Waals surface area contributed by atoms with E-state index in [9.17, 15) is 4.79 Å². The van der Waals surface area contributed by atoms with E-state index in [-0.39, 0.29) is 5.69 Å². The van der Waals surface area contributed by atoms with Crippen LogP contribution >= 0.6 is 15.9 Å². The molecule has 0 aliphatic carbocycles. The number of carboxylic acids is 1. The Morgan fingerprint density at radius 2 is 1.96 bits per heavy atom. The minimum Gasteiger partial charge on any atom is -0.476 e. The smallest absolute Gasteiger partial charge is 0.358 e. The van der Waals surface area contributed by atoms with Gasteiger partial charge in [-0.15, -0.1) is 5.10 Å². The summed E-state index contributed by atoms with van der Waals surface area (Å²) in [7, 11) is 0. The largest absolute Gasteiger partial charge is 0.476 e. The van der Waals surface area contributed by atoms with Crippen LogP contribution in [0.4, 0.5) is 0 Å². The first-order valence-corrected chi connectivity index (χ1v) is 8.15. The van der Waals surface area contributed by atoms with Crippen LogP contribution in [0.2, 0.25) is 0 Å². The van der Waals surface area contributed by atoms with Gasteiger partial charge >= 0.3 is 5.97 Å². The molecule has 0 radical (unpaired) electrons. The molecule has 0 unspecified atom stereocenters. The van der Waals surface area contributed by atoms with E-state index in [2.05, 4.69) is 31.4 Å². The molecule has 2 heterocycles. The molecule has 0 bridgehead atoms. The molecule has 124 valence electrons. The molecule has 0 aliphatic heterocycles. The molecule has 8 heteroatoms. The molecule has 0 amide bonds. The SMILES string of the molecule is Cc1c(C(=O)O)nnn1-c1ccc2noc(-c3ccc(Br)cc3)c2c1. The predicted molar refractivity (Wildman–Crippen MR) is 93.8 cm³/mol. The maximum Gasteiger partial charge on any atom is 0.358 e. The van der Waals surface area contributed by atoms with Gasteiger partial charge in [0.05, 0.1) is 16.8 Å². The number of halogens is 1. The van der Waals surface area contributed by atoms with E-state index in [0.29, 0.717) is 22.7 Å². The van der Waals surface area contributed by atoms with Crippen molar-refractivity contribution in [2.24, 2.45) is 0 Å². The summed E-state index contributed by atoms with van der Waals surface area (Å²) in [6.45, 7) is 1.66. The molecule has 2 aromatic carbocycles. The van der Waals surface area contributed by atoms with Crippen LogP contribution in [0.3, 0.4) is 0 Å². The molecule has 0 saturated carbocycles. The fourth-order valence-electron chi connectivity index (χ4n) is 2.64. The number of hydrogen-bond donors (Lipinski definition) is 1. The van der Waals surface area contributed by atoms with E-state index in [1.807, 2.05) is 30.3 Å². The van der Waals surface area contributed by atoms with E-state index >= 15 is 0 Å². The Balaban J connectivity index is 1.86. The molecule has 4 aromatic rings. The normalized spacial score (nSPS) is 11.1. The van der Waals surface area contributed by atoms with Gasteiger partial charge < -0.3 is 9.63 Å². The Labute approximate surface area is 150 Å². The zero-order valence-corrected chi connectivity index (χ0v) is 14.6. The zero-order chi connectivity index (χ0) is 17.6. The molecule has 2 aromatic heterocycles. The highest BCUT2D eigenvalue weighted by molar-refractivity contribution is 9.10. The van der Waals surface area contributed by atoms with Crippen LogP contribution in [0.1, 0.15) is 16.2 Å². The fourth-order valence-corrected chi connectivity index (χ4v) is 2.91. The van der Waals surface area contributed by atoms with Gasteiger partial charge in [0.1, 0.15) is 5.52 Å². The highest BCUT2D eigenvalue weighted by Gasteiger charge is 2.18. The third-order valence-electron chi connectivity index (χ3n) is 3.91. The second-order valence-electron chi connectivity index (χ2n) is 5.46. The third kappa shape index (κ3) is 2.60. The second-order valence-corrected chi connectivity index (χ2v) is 6.38. The Morgan fingerprint density at radius 1 is 1.20 bits per heavy atom. The van der Waals surface area contributed by atoms with Gasteiger partial charge in [0, 0.05) is 10.0 Å². The summed E-state index contributed by atoms with van der Waals surface area (Å²) in [5.74, 6) is -0.467. The third-order valence-corrected chi connectivity index (χ3v) is 4.44. The van der Waals surface area contributed by atoms with Gasteiger partial charge in [0.2, 0.25) is 0 Å². The number of hydrogen-bond acceptors (Lipinski definition) is 5. The summed E-state index contributed by atoms with van der Waals surface area (Å²) in [6, 6.07) is 13.2. The van der Waals surface area contributed by atoms with Crippen LogP contribution in [0.25, 0.3) is 27.9 Å². The van der Waals surface area contributed by atoms with Crippen LogP contribution in [0.5, 0.6) is 0 Å². The number of aromatic nitrogens is 4. The van der Waals surface area contributed by atoms with Crippen LogP contribution in [0, 0.1) is 6.92 Å². The van der Waals surface area contributed by atoms with Crippen molar-refractivity contribution in [1.29, 1.82) is 0 Å². The molecule has 0 spiro atoms. The minimum absolute atomic E-state index is 0.0708. The highest BCUT2D eigenvalue weighted by Crippen LogP contribution is 2.31. The summed E-state index contributed by atoms with van der Waals surface area (Å²) >= 11 is 3.41. The minimum atomic E-state index is -1.11. The van der Waals surface area contributed by atoms with Crippen LogP contribution in [0.15, 0.2) is 51.5 Å². The predicted octanol–water partition coefficient (Wildman–Crippen LogP) is 3.84. The quantitative estimate of drug-likeness (QED) is 0.563. The lowest BCUT2D eigenvalue weighted by atomic mass is 10.1. The molecule has 0 aliphatic rings. The van der Waals surface area contributed by atoms with Crippen molar-refractivity contribution in [2.45, 2.75) is 6.92 Å². The molecular weight excluding hydrogens is 388 g/mol. The molecular formula is C17H11BrN4O3. The lowest BCUT2D eigenvalue weighted by Crippen LogP contribution is -2.02. The second kappa shape index (κ2) is 5.82. The number of carbonyl (C=O) groups is 1. The van der Waals surface area contributed by atoms with E-state index in [1.165, 1.54) is 4.68 Å². The van der Waals surface area contributed by atoms with Crippen LogP contribution < -0.4 is 0 Å². The van der Waals surface area contributed by atoms with E-state index < -0.39 is 5.97 Å². The molecule has 25 heavy (non-hydrogen) atoms. The fraction of sp³-hybridized carbons (Fsp3) is 0.0588. The Bertz CT molecular complexity index is 1100. The number of fused-ring (bicyclic) bond motifs is 1. The van der Waals surface area contributed by atoms with E-state index in [4.69, 9.17) is 9.63 Å². The van der Waals surface area contributed by atoms with E-state index in [1.54, 1.807) is 19.1 Å². The van der Waals surface area contributed by atoms with Gasteiger partial charge in [-0.05, 0) is 49.4 Å². The molecule has 0 saturated heterocycles. The van der Waals surface area contributed by atoms with Gasteiger partial charge in [0.15, 0.2) is 11.5 Å². The first-order valence-electron chi connectivity index (χ1n) is 7.36. The monoisotopic (exact) mass is 398 g/mol. The summed E-state index contributed by atoms with van der Waals surface area (Å²) in [5, 5.41) is 21.7. The Kier molecular flexibility index (Phi) is 3.61. The number of rotatable bonds is 3. The number of aromatic carboxylic acids is 1. The standard InChI is InChI=1S/C17H11BrN4O3/c1-9-15(17(23)24)19-21-22(9)12-6-7-14-13(8-12)16(25-20-14)10-2-4-11(18)5-3-10/h2-8H,1H3,(H,23,24). The van der Waals surface area contributed by atoms with Crippen LogP contribution in [-0.4, -0.2) is 31.2 Å². The average molecular weight is 399 g/mol. The van der Waals surface area contributed by atoms with Crippen LogP contribution in [-0.2, 0) is 0 Å². The first kappa shape index (κ1) is 15.5. The average Bonchev–Trinajstić information content (AvgIpc) is 3.18.